The summed E-state index contributed by atoms with van der Waals surface area (Å²) >= 11 is 13.4. The molecule has 0 spiro atoms. The Morgan fingerprint density at radius 1 is 0.951 bits per heavy atom. The minimum absolute atomic E-state index is 0.273. The Morgan fingerprint density at radius 2 is 1.71 bits per heavy atom. The van der Waals surface area contributed by atoms with Crippen molar-refractivity contribution in [2.24, 2.45) is 5.10 Å². The first-order chi connectivity index (χ1) is 19.8. The highest BCUT2D eigenvalue weighted by atomic mass is 79.9. The van der Waals surface area contributed by atoms with Gasteiger partial charge in [-0.05, 0) is 79.2 Å². The Balaban J connectivity index is 1.37. The molecule has 41 heavy (non-hydrogen) atoms. The number of hydrogen-bond donors (Lipinski definition) is 2. The van der Waals surface area contributed by atoms with Gasteiger partial charge in [-0.1, -0.05) is 61.7 Å². The number of nitrogens with zero attached hydrogens (tertiary/aromatic N) is 1. The number of hydrogen-bond acceptors (Lipinski definition) is 5. The maximum absolute atomic E-state index is 13.3. The number of halogens is 3. The van der Waals surface area contributed by atoms with E-state index >= 15 is 0 Å². The van der Waals surface area contributed by atoms with E-state index in [1.165, 1.54) is 6.21 Å². The fourth-order valence-electron chi connectivity index (χ4n) is 4.20. The molecule has 0 aliphatic heterocycles. The van der Waals surface area contributed by atoms with Gasteiger partial charge in [0.25, 0.3) is 5.91 Å². The van der Waals surface area contributed by atoms with E-state index in [1.807, 2.05) is 43.3 Å². The third-order valence-corrected chi connectivity index (χ3v) is 7.41. The zero-order valence-electron chi connectivity index (χ0n) is 21.6. The van der Waals surface area contributed by atoms with E-state index in [0.29, 0.717) is 39.8 Å². The first-order valence-corrected chi connectivity index (χ1v) is 14.4. The van der Waals surface area contributed by atoms with Crippen LogP contribution in [0.5, 0.6) is 11.5 Å². The van der Waals surface area contributed by atoms with Crippen molar-refractivity contribution in [3.05, 3.63) is 116 Å². The van der Waals surface area contributed by atoms with E-state index in [4.69, 9.17) is 21.1 Å². The van der Waals surface area contributed by atoms with Crippen LogP contribution in [0.2, 0.25) is 5.02 Å². The van der Waals surface area contributed by atoms with Gasteiger partial charge < -0.3 is 14.5 Å². The van der Waals surface area contributed by atoms with Crippen molar-refractivity contribution < 1.29 is 19.1 Å². The molecule has 1 aromatic heterocycles. The number of H-pyrrole nitrogens is 1. The molecule has 2 N–H and O–H groups in total. The Kier molecular flexibility index (Phi) is 8.87. The second-order valence-corrected chi connectivity index (χ2v) is 11.0. The smallest absolute Gasteiger partial charge is 0.343 e. The predicted octanol–water partition coefficient (Wildman–Crippen LogP) is 8.40. The highest BCUT2D eigenvalue weighted by Crippen LogP contribution is 2.37. The van der Waals surface area contributed by atoms with Crippen LogP contribution in [0.15, 0.2) is 99.0 Å². The van der Waals surface area contributed by atoms with Crippen molar-refractivity contribution in [2.75, 3.05) is 6.61 Å². The number of aromatic nitrogens is 1. The Hall–Kier alpha value is -3.92. The molecule has 0 aliphatic rings. The van der Waals surface area contributed by atoms with Crippen LogP contribution < -0.4 is 14.9 Å². The van der Waals surface area contributed by atoms with Crippen molar-refractivity contribution in [3.63, 3.8) is 0 Å². The van der Waals surface area contributed by atoms with Gasteiger partial charge in [0.1, 0.15) is 5.69 Å². The molecule has 0 fully saturated rings. The van der Waals surface area contributed by atoms with Gasteiger partial charge in [-0.2, -0.15) is 5.10 Å². The Bertz CT molecular complexity index is 1780. The van der Waals surface area contributed by atoms with Gasteiger partial charge in [-0.3, -0.25) is 4.79 Å². The van der Waals surface area contributed by atoms with Gasteiger partial charge in [0.05, 0.1) is 18.4 Å². The summed E-state index contributed by atoms with van der Waals surface area (Å²) in [5.74, 6) is -0.301. The van der Waals surface area contributed by atoms with Crippen molar-refractivity contribution in [3.8, 4) is 22.6 Å². The quantitative estimate of drug-likeness (QED) is 0.0739. The fourth-order valence-corrected chi connectivity index (χ4v) is 5.06. The van der Waals surface area contributed by atoms with E-state index in [0.717, 1.165) is 25.4 Å². The molecule has 7 nitrogen and oxygen atoms in total. The van der Waals surface area contributed by atoms with Crippen LogP contribution in [0, 0.1) is 0 Å². The number of carbonyl (C=O) groups excluding carboxylic acids is 2. The van der Waals surface area contributed by atoms with Gasteiger partial charge in [0.2, 0.25) is 0 Å². The summed E-state index contributed by atoms with van der Waals surface area (Å²) in [5.41, 5.74) is 6.14. The van der Waals surface area contributed by atoms with Crippen LogP contribution in [0.3, 0.4) is 0 Å². The fraction of sp³-hybridized carbons (Fsp3) is 0.0645. The monoisotopic (exact) mass is 693 g/mol. The second kappa shape index (κ2) is 12.7. The van der Waals surface area contributed by atoms with Gasteiger partial charge in [0.15, 0.2) is 11.5 Å². The lowest BCUT2D eigenvalue weighted by Gasteiger charge is -2.11. The normalized spacial score (nSPS) is 11.1. The highest BCUT2D eigenvalue weighted by Gasteiger charge is 2.21. The number of benzene rings is 4. The summed E-state index contributed by atoms with van der Waals surface area (Å²) in [6.45, 7) is 2.19. The Morgan fingerprint density at radius 3 is 2.46 bits per heavy atom. The minimum Gasteiger partial charge on any atom is -0.490 e. The zero-order chi connectivity index (χ0) is 28.9. The SMILES string of the molecule is CCOc1cc(C=NNC(=O)c2[nH]c3ccc(Br)cc3c2-c2ccccc2Cl)ccc1OC(=O)c1ccc(Br)cc1. The summed E-state index contributed by atoms with van der Waals surface area (Å²) < 4.78 is 13.0. The molecular weight excluding hydrogens is 674 g/mol. The molecule has 10 heteroatoms. The molecule has 5 aromatic rings. The molecule has 1 amide bonds. The molecule has 0 bridgehead atoms. The van der Waals surface area contributed by atoms with Crippen LogP contribution in [-0.2, 0) is 0 Å². The number of nitrogens with one attached hydrogen (secondary N) is 2. The van der Waals surface area contributed by atoms with Crippen molar-refractivity contribution in [1.29, 1.82) is 0 Å². The topological polar surface area (TPSA) is 92.8 Å². The molecule has 0 aliphatic carbocycles. The largest absolute Gasteiger partial charge is 0.490 e. The molecular formula is C31H22Br2ClN3O4. The number of rotatable bonds is 8. The third-order valence-electron chi connectivity index (χ3n) is 6.06. The van der Waals surface area contributed by atoms with E-state index in [1.54, 1.807) is 48.5 Å². The first kappa shape index (κ1) is 28.6. The second-order valence-electron chi connectivity index (χ2n) is 8.78. The molecule has 0 atom stereocenters. The molecule has 5 rings (SSSR count). The first-order valence-electron chi connectivity index (χ1n) is 12.5. The molecule has 206 valence electrons. The predicted molar refractivity (Wildman–Crippen MR) is 168 cm³/mol. The van der Waals surface area contributed by atoms with Crippen molar-refractivity contribution >= 4 is 72.5 Å². The van der Waals surface area contributed by atoms with Crippen molar-refractivity contribution in [2.45, 2.75) is 6.92 Å². The Labute approximate surface area is 257 Å². The van der Waals surface area contributed by atoms with E-state index < -0.39 is 11.9 Å². The third kappa shape index (κ3) is 6.53. The molecule has 1 heterocycles. The summed E-state index contributed by atoms with van der Waals surface area (Å²) in [4.78, 5) is 29.1. The van der Waals surface area contributed by atoms with Crippen LogP contribution in [0.25, 0.3) is 22.0 Å². The van der Waals surface area contributed by atoms with Gasteiger partial charge in [0, 0.05) is 36.0 Å². The minimum atomic E-state index is -0.508. The number of fused-ring (bicyclic) bond motifs is 1. The van der Waals surface area contributed by atoms with Crippen LogP contribution in [0.1, 0.15) is 33.3 Å². The van der Waals surface area contributed by atoms with Crippen LogP contribution >= 0.6 is 43.5 Å². The maximum Gasteiger partial charge on any atom is 0.343 e. The van der Waals surface area contributed by atoms with Gasteiger partial charge >= 0.3 is 5.97 Å². The van der Waals surface area contributed by atoms with E-state index in [-0.39, 0.29) is 5.75 Å². The van der Waals surface area contributed by atoms with Crippen LogP contribution in [-0.4, -0.2) is 29.7 Å². The molecule has 0 saturated carbocycles. The number of ether oxygens (including phenoxy) is 2. The summed E-state index contributed by atoms with van der Waals surface area (Å²) in [7, 11) is 0. The molecule has 0 radical (unpaired) electrons. The number of aromatic amines is 1. The lowest BCUT2D eigenvalue weighted by Crippen LogP contribution is -2.19. The average molecular weight is 696 g/mol. The summed E-state index contributed by atoms with van der Waals surface area (Å²) in [6, 6.07) is 24.9. The number of carbonyl (C=O) groups is 2. The lowest BCUT2D eigenvalue weighted by atomic mass is 10.0. The van der Waals surface area contributed by atoms with Crippen molar-refractivity contribution in [1.82, 2.24) is 10.4 Å². The summed E-state index contributed by atoms with van der Waals surface area (Å²) in [6.07, 6.45) is 1.48. The zero-order valence-corrected chi connectivity index (χ0v) is 25.5. The molecule has 0 saturated heterocycles. The highest BCUT2D eigenvalue weighted by molar-refractivity contribution is 9.10. The van der Waals surface area contributed by atoms with E-state index in [2.05, 4.69) is 47.4 Å². The maximum atomic E-state index is 13.3. The molecule has 0 unspecified atom stereocenters. The lowest BCUT2D eigenvalue weighted by molar-refractivity contribution is 0.0728. The average Bonchev–Trinajstić information content (AvgIpc) is 3.33. The van der Waals surface area contributed by atoms with E-state index in [9.17, 15) is 9.59 Å². The number of hydrazone groups is 1. The molecule has 4 aromatic carbocycles. The standard InChI is InChI=1S/C31H22Br2ClN3O4/c1-2-40-27-15-18(7-14-26(27)41-31(39)19-8-10-20(32)11-9-19)17-35-37-30(38)29-28(22-5-3-4-6-24(22)34)23-16-21(33)12-13-25(23)36-29/h3-17,36H,2H2,1H3,(H,37,38). The van der Waals surface area contributed by atoms with Gasteiger partial charge in [-0.15, -0.1) is 0 Å². The number of amides is 1. The number of esters is 1. The summed E-state index contributed by atoms with van der Waals surface area (Å²) in [5, 5.41) is 5.52. The van der Waals surface area contributed by atoms with Crippen LogP contribution in [0.4, 0.5) is 0 Å². The van der Waals surface area contributed by atoms with Gasteiger partial charge in [-0.25, -0.2) is 10.2 Å².